The van der Waals surface area contributed by atoms with E-state index in [-0.39, 0.29) is 5.82 Å². The van der Waals surface area contributed by atoms with Gasteiger partial charge in [-0.1, -0.05) is 12.5 Å². The summed E-state index contributed by atoms with van der Waals surface area (Å²) >= 11 is 0. The lowest BCUT2D eigenvalue weighted by molar-refractivity contribution is 0.304. The molecule has 1 saturated carbocycles. The van der Waals surface area contributed by atoms with E-state index in [0.717, 1.165) is 23.9 Å². The molecule has 3 heteroatoms. The summed E-state index contributed by atoms with van der Waals surface area (Å²) < 4.78 is 13.0. The molecule has 92 valence electrons. The number of anilines is 1. The zero-order valence-electron chi connectivity index (χ0n) is 10.0. The van der Waals surface area contributed by atoms with Gasteiger partial charge in [-0.25, -0.2) is 4.39 Å². The van der Waals surface area contributed by atoms with Gasteiger partial charge in [-0.3, -0.25) is 4.90 Å². The van der Waals surface area contributed by atoms with Crippen LogP contribution in [-0.4, -0.2) is 18.0 Å². The number of rotatable bonds is 2. The molecule has 17 heavy (non-hydrogen) atoms. The van der Waals surface area contributed by atoms with Crippen LogP contribution in [0.2, 0.25) is 0 Å². The molecule has 0 amide bonds. The second-order valence-corrected chi connectivity index (χ2v) is 5.49. The third kappa shape index (κ3) is 2.16. The number of nitrogen functional groups attached to an aromatic ring is 1. The van der Waals surface area contributed by atoms with Crippen LogP contribution in [-0.2, 0) is 6.54 Å². The van der Waals surface area contributed by atoms with Gasteiger partial charge in [0, 0.05) is 25.3 Å². The van der Waals surface area contributed by atoms with Crippen molar-refractivity contribution in [1.82, 2.24) is 4.90 Å². The van der Waals surface area contributed by atoms with Crippen LogP contribution in [0.3, 0.4) is 0 Å². The van der Waals surface area contributed by atoms with Crippen molar-refractivity contribution in [2.24, 2.45) is 11.8 Å². The molecule has 1 aliphatic heterocycles. The van der Waals surface area contributed by atoms with Gasteiger partial charge in [0.25, 0.3) is 0 Å². The third-order valence-electron chi connectivity index (χ3n) is 4.30. The van der Waals surface area contributed by atoms with Crippen molar-refractivity contribution < 1.29 is 4.39 Å². The molecule has 2 nitrogen and oxygen atoms in total. The van der Waals surface area contributed by atoms with Gasteiger partial charge in [-0.05, 0) is 42.4 Å². The molecule has 1 aromatic carbocycles. The number of halogens is 1. The first kappa shape index (κ1) is 11.0. The van der Waals surface area contributed by atoms with Crippen LogP contribution in [0.4, 0.5) is 10.1 Å². The first-order valence-corrected chi connectivity index (χ1v) is 6.48. The van der Waals surface area contributed by atoms with E-state index < -0.39 is 0 Å². The molecule has 0 aromatic heterocycles. The molecule has 1 heterocycles. The summed E-state index contributed by atoms with van der Waals surface area (Å²) in [6, 6.07) is 4.74. The zero-order chi connectivity index (χ0) is 11.8. The molecule has 0 spiro atoms. The lowest BCUT2D eigenvalue weighted by Gasteiger charge is -2.17. The Morgan fingerprint density at radius 1 is 1.24 bits per heavy atom. The van der Waals surface area contributed by atoms with Crippen LogP contribution < -0.4 is 5.73 Å². The number of nitrogens with two attached hydrogens (primary N) is 1. The van der Waals surface area contributed by atoms with Crippen LogP contribution in [0, 0.1) is 17.7 Å². The quantitative estimate of drug-likeness (QED) is 0.797. The first-order valence-electron chi connectivity index (χ1n) is 6.48. The number of hydrogen-bond acceptors (Lipinski definition) is 2. The Morgan fingerprint density at radius 2 is 1.94 bits per heavy atom. The maximum absolute atomic E-state index is 13.0. The Kier molecular flexibility index (Phi) is 2.79. The molecule has 2 fully saturated rings. The molecular formula is C14H19FN2. The Morgan fingerprint density at radius 3 is 2.59 bits per heavy atom. The molecule has 1 aromatic rings. The molecule has 2 unspecified atom stereocenters. The van der Waals surface area contributed by atoms with Gasteiger partial charge in [0.05, 0.1) is 0 Å². The van der Waals surface area contributed by atoms with E-state index in [1.807, 2.05) is 6.07 Å². The van der Waals surface area contributed by atoms with E-state index in [1.165, 1.54) is 44.5 Å². The van der Waals surface area contributed by atoms with Crippen LogP contribution in [0.25, 0.3) is 0 Å². The molecular weight excluding hydrogens is 215 g/mol. The minimum absolute atomic E-state index is 0.246. The van der Waals surface area contributed by atoms with Crippen molar-refractivity contribution in [3.05, 3.63) is 29.6 Å². The van der Waals surface area contributed by atoms with E-state index in [0.29, 0.717) is 5.69 Å². The van der Waals surface area contributed by atoms with E-state index in [4.69, 9.17) is 5.73 Å². The summed E-state index contributed by atoms with van der Waals surface area (Å²) in [5, 5.41) is 0. The van der Waals surface area contributed by atoms with Gasteiger partial charge in [-0.15, -0.1) is 0 Å². The lowest BCUT2D eigenvalue weighted by atomic mass is 10.0. The Labute approximate surface area is 102 Å². The zero-order valence-corrected chi connectivity index (χ0v) is 10.0. The number of benzene rings is 1. The fourth-order valence-electron chi connectivity index (χ4n) is 3.41. The molecule has 1 saturated heterocycles. The molecule has 2 N–H and O–H groups in total. The second-order valence-electron chi connectivity index (χ2n) is 5.49. The highest BCUT2D eigenvalue weighted by atomic mass is 19.1. The van der Waals surface area contributed by atoms with Crippen molar-refractivity contribution in [1.29, 1.82) is 0 Å². The first-order chi connectivity index (χ1) is 8.22. The van der Waals surface area contributed by atoms with Gasteiger partial charge >= 0.3 is 0 Å². The van der Waals surface area contributed by atoms with Crippen molar-refractivity contribution in [2.45, 2.75) is 25.8 Å². The monoisotopic (exact) mass is 234 g/mol. The normalized spacial score (nSPS) is 28.5. The maximum atomic E-state index is 13.0. The molecule has 0 bridgehead atoms. The summed E-state index contributed by atoms with van der Waals surface area (Å²) in [7, 11) is 0. The fourth-order valence-corrected chi connectivity index (χ4v) is 3.41. The Hall–Kier alpha value is -1.09. The number of hydrogen-bond donors (Lipinski definition) is 1. The molecule has 3 rings (SSSR count). The van der Waals surface area contributed by atoms with Crippen LogP contribution in [0.5, 0.6) is 0 Å². The predicted octanol–water partition coefficient (Wildman–Crippen LogP) is 2.64. The van der Waals surface area contributed by atoms with Gasteiger partial charge in [-0.2, -0.15) is 0 Å². The van der Waals surface area contributed by atoms with E-state index in [1.54, 1.807) is 0 Å². The van der Waals surface area contributed by atoms with Crippen molar-refractivity contribution in [3.63, 3.8) is 0 Å². The Balaban J connectivity index is 1.67. The number of fused-ring (bicyclic) bond motifs is 1. The minimum Gasteiger partial charge on any atom is -0.398 e. The number of likely N-dealkylation sites (tertiary alicyclic amines) is 1. The van der Waals surface area contributed by atoms with Crippen molar-refractivity contribution in [2.75, 3.05) is 18.8 Å². The Bertz CT molecular complexity index is 407. The highest BCUT2D eigenvalue weighted by Gasteiger charge is 2.35. The maximum Gasteiger partial charge on any atom is 0.125 e. The average molecular weight is 234 g/mol. The highest BCUT2D eigenvalue weighted by Crippen LogP contribution is 2.38. The van der Waals surface area contributed by atoms with Gasteiger partial charge < -0.3 is 5.73 Å². The average Bonchev–Trinajstić information content (AvgIpc) is 2.82. The van der Waals surface area contributed by atoms with Gasteiger partial charge in [0.1, 0.15) is 5.82 Å². The molecule has 2 atom stereocenters. The summed E-state index contributed by atoms with van der Waals surface area (Å²) in [5.74, 6) is 1.55. The topological polar surface area (TPSA) is 29.3 Å². The largest absolute Gasteiger partial charge is 0.398 e. The van der Waals surface area contributed by atoms with E-state index in [2.05, 4.69) is 4.90 Å². The summed E-state index contributed by atoms with van der Waals surface area (Å²) in [5.41, 5.74) is 7.50. The molecule has 0 radical (unpaired) electrons. The van der Waals surface area contributed by atoms with E-state index >= 15 is 0 Å². The second kappa shape index (κ2) is 4.30. The predicted molar refractivity (Wildman–Crippen MR) is 66.9 cm³/mol. The van der Waals surface area contributed by atoms with E-state index in [9.17, 15) is 4.39 Å². The summed E-state index contributed by atoms with van der Waals surface area (Å²) in [6.07, 6.45) is 4.18. The minimum atomic E-state index is -0.246. The summed E-state index contributed by atoms with van der Waals surface area (Å²) in [4.78, 5) is 2.47. The van der Waals surface area contributed by atoms with Crippen LogP contribution in [0.15, 0.2) is 18.2 Å². The number of nitrogens with zero attached hydrogens (tertiary/aromatic N) is 1. The smallest absolute Gasteiger partial charge is 0.125 e. The highest BCUT2D eigenvalue weighted by molar-refractivity contribution is 5.46. The third-order valence-corrected chi connectivity index (χ3v) is 4.30. The van der Waals surface area contributed by atoms with Crippen molar-refractivity contribution in [3.8, 4) is 0 Å². The van der Waals surface area contributed by atoms with Gasteiger partial charge in [0.2, 0.25) is 0 Å². The standard InChI is InChI=1S/C14H19FN2/c15-13-5-4-12(14(16)6-13)9-17-7-10-2-1-3-11(10)8-17/h4-6,10-11H,1-3,7-9,16H2. The van der Waals surface area contributed by atoms with Gasteiger partial charge in [0.15, 0.2) is 0 Å². The van der Waals surface area contributed by atoms with Crippen LogP contribution in [0.1, 0.15) is 24.8 Å². The van der Waals surface area contributed by atoms with Crippen LogP contribution >= 0.6 is 0 Å². The molecule has 1 aliphatic carbocycles. The lowest BCUT2D eigenvalue weighted by Crippen LogP contribution is -2.21. The molecule has 2 aliphatic rings. The fraction of sp³-hybridized carbons (Fsp3) is 0.571. The van der Waals surface area contributed by atoms with Crippen molar-refractivity contribution >= 4 is 5.69 Å². The summed E-state index contributed by atoms with van der Waals surface area (Å²) in [6.45, 7) is 3.27. The SMILES string of the molecule is Nc1cc(F)ccc1CN1CC2CCCC2C1.